The summed E-state index contributed by atoms with van der Waals surface area (Å²) in [7, 11) is 0. The molecule has 0 atom stereocenters. The van der Waals surface area contributed by atoms with E-state index >= 15 is 0 Å². The van der Waals surface area contributed by atoms with Crippen LogP contribution in [0.3, 0.4) is 0 Å². The van der Waals surface area contributed by atoms with Crippen LogP contribution in [-0.4, -0.2) is 4.98 Å². The molecule has 6 heteroatoms. The molecule has 2 aromatic carbocycles. The highest BCUT2D eigenvalue weighted by Gasteiger charge is 2.07. The van der Waals surface area contributed by atoms with Gasteiger partial charge in [0.15, 0.2) is 5.13 Å². The van der Waals surface area contributed by atoms with Crippen LogP contribution in [0.5, 0.6) is 0 Å². The number of hydrogen-bond acceptors (Lipinski definition) is 4. The van der Waals surface area contributed by atoms with Gasteiger partial charge in [0.2, 0.25) is 0 Å². The molecule has 20 heavy (non-hydrogen) atoms. The predicted molar refractivity (Wildman–Crippen MR) is 84.1 cm³/mol. The van der Waals surface area contributed by atoms with Crippen molar-refractivity contribution >= 4 is 55.6 Å². The number of halogens is 2. The number of nitriles is 1. The van der Waals surface area contributed by atoms with Crippen LogP contribution >= 0.6 is 34.5 Å². The Hall–Kier alpha value is -1.80. The number of benzene rings is 2. The average Bonchev–Trinajstić information content (AvgIpc) is 2.82. The minimum atomic E-state index is 0.487. The van der Waals surface area contributed by atoms with E-state index in [2.05, 4.69) is 10.3 Å². The molecule has 3 aromatic rings. The monoisotopic (exact) mass is 319 g/mol. The van der Waals surface area contributed by atoms with E-state index in [1.165, 1.54) is 11.3 Å². The van der Waals surface area contributed by atoms with Gasteiger partial charge in [-0.3, -0.25) is 0 Å². The van der Waals surface area contributed by atoms with Crippen molar-refractivity contribution in [2.75, 3.05) is 5.32 Å². The Kier molecular flexibility index (Phi) is 3.49. The lowest BCUT2D eigenvalue weighted by molar-refractivity contribution is 1.43. The predicted octanol–water partition coefficient (Wildman–Crippen LogP) is 5.22. The zero-order valence-electron chi connectivity index (χ0n) is 10.0. The molecule has 3 nitrogen and oxygen atoms in total. The largest absolute Gasteiger partial charge is 0.330 e. The van der Waals surface area contributed by atoms with Crippen molar-refractivity contribution in [3.63, 3.8) is 0 Å². The Morgan fingerprint density at radius 1 is 1.15 bits per heavy atom. The molecule has 98 valence electrons. The number of fused-ring (bicyclic) bond motifs is 1. The minimum Gasteiger partial charge on any atom is -0.330 e. The molecule has 0 unspecified atom stereocenters. The zero-order valence-corrected chi connectivity index (χ0v) is 12.4. The van der Waals surface area contributed by atoms with Gasteiger partial charge < -0.3 is 5.32 Å². The quantitative estimate of drug-likeness (QED) is 0.704. The second kappa shape index (κ2) is 5.29. The summed E-state index contributed by atoms with van der Waals surface area (Å²) in [4.78, 5) is 4.45. The lowest BCUT2D eigenvalue weighted by atomic mass is 10.2. The first-order chi connectivity index (χ1) is 9.65. The average molecular weight is 320 g/mol. The Labute approximate surface area is 129 Å². The van der Waals surface area contributed by atoms with Crippen LogP contribution in [0.4, 0.5) is 10.8 Å². The smallest absolute Gasteiger partial charge is 0.188 e. The van der Waals surface area contributed by atoms with Crippen LogP contribution in [0, 0.1) is 11.3 Å². The first kappa shape index (κ1) is 13.2. The van der Waals surface area contributed by atoms with Crippen LogP contribution < -0.4 is 5.32 Å². The molecule has 0 bridgehead atoms. The van der Waals surface area contributed by atoms with Gasteiger partial charge in [0.05, 0.1) is 32.6 Å². The molecule has 0 fully saturated rings. The molecule has 0 aliphatic rings. The lowest BCUT2D eigenvalue weighted by Crippen LogP contribution is -1.90. The van der Waals surface area contributed by atoms with Crippen molar-refractivity contribution in [3.05, 3.63) is 52.0 Å². The first-order valence-corrected chi connectivity index (χ1v) is 7.26. The van der Waals surface area contributed by atoms with Gasteiger partial charge in [0.1, 0.15) is 0 Å². The van der Waals surface area contributed by atoms with Crippen LogP contribution in [0.1, 0.15) is 5.56 Å². The number of anilines is 2. The highest BCUT2D eigenvalue weighted by molar-refractivity contribution is 7.22. The summed E-state index contributed by atoms with van der Waals surface area (Å²) in [5.41, 5.74) is 2.09. The maximum atomic E-state index is 8.81. The van der Waals surface area contributed by atoms with Gasteiger partial charge in [-0.05, 0) is 36.4 Å². The summed E-state index contributed by atoms with van der Waals surface area (Å²) >= 11 is 13.6. The van der Waals surface area contributed by atoms with Crippen LogP contribution in [0.2, 0.25) is 10.0 Å². The summed E-state index contributed by atoms with van der Waals surface area (Å²) in [6.45, 7) is 0. The van der Waals surface area contributed by atoms with Gasteiger partial charge >= 0.3 is 0 Å². The molecular weight excluding hydrogens is 313 g/mol. The molecule has 1 N–H and O–H groups in total. The van der Waals surface area contributed by atoms with Gasteiger partial charge in [-0.15, -0.1) is 0 Å². The van der Waals surface area contributed by atoms with Gasteiger partial charge in [0.25, 0.3) is 0 Å². The van der Waals surface area contributed by atoms with Gasteiger partial charge in [-0.25, -0.2) is 4.98 Å². The summed E-state index contributed by atoms with van der Waals surface area (Å²) < 4.78 is 1.04. The molecule has 0 saturated heterocycles. The van der Waals surface area contributed by atoms with Crippen molar-refractivity contribution in [2.45, 2.75) is 0 Å². The number of nitrogens with one attached hydrogen (secondary N) is 1. The third-order valence-corrected chi connectivity index (χ3v) is 4.19. The third kappa shape index (κ3) is 2.56. The fourth-order valence-electron chi connectivity index (χ4n) is 1.76. The molecule has 0 spiro atoms. The Morgan fingerprint density at radius 2 is 2.00 bits per heavy atom. The van der Waals surface area contributed by atoms with E-state index in [9.17, 15) is 0 Å². The van der Waals surface area contributed by atoms with E-state index in [1.807, 2.05) is 24.3 Å². The highest BCUT2D eigenvalue weighted by Crippen LogP contribution is 2.32. The van der Waals surface area contributed by atoms with E-state index in [1.54, 1.807) is 18.2 Å². The number of rotatable bonds is 2. The maximum Gasteiger partial charge on any atom is 0.188 e. The van der Waals surface area contributed by atoms with Gasteiger partial charge in [-0.1, -0.05) is 34.5 Å². The van der Waals surface area contributed by atoms with Crippen molar-refractivity contribution < 1.29 is 0 Å². The first-order valence-electron chi connectivity index (χ1n) is 5.68. The third-order valence-electron chi connectivity index (χ3n) is 2.69. The van der Waals surface area contributed by atoms with Gasteiger partial charge in [-0.2, -0.15) is 5.26 Å². The number of nitrogens with zero attached hydrogens (tertiary/aromatic N) is 2. The van der Waals surface area contributed by atoms with Crippen molar-refractivity contribution in [2.24, 2.45) is 0 Å². The standard InChI is InChI=1S/C14H7Cl2N3S/c15-9-2-4-13-12(6-9)19-14(20-13)18-11-3-1-8(7-17)5-10(11)16/h1-6H,(H,18,19). The summed E-state index contributed by atoms with van der Waals surface area (Å²) in [6.07, 6.45) is 0. The number of hydrogen-bond donors (Lipinski definition) is 1. The molecular formula is C14H7Cl2N3S. The van der Waals surface area contributed by atoms with E-state index in [4.69, 9.17) is 28.5 Å². The van der Waals surface area contributed by atoms with Crippen molar-refractivity contribution in [3.8, 4) is 6.07 Å². The van der Waals surface area contributed by atoms with E-state index in [0.717, 1.165) is 21.0 Å². The molecule has 0 amide bonds. The van der Waals surface area contributed by atoms with Crippen LogP contribution in [0.25, 0.3) is 10.2 Å². The normalized spacial score (nSPS) is 10.4. The second-order valence-electron chi connectivity index (χ2n) is 4.06. The number of thiazole rings is 1. The van der Waals surface area contributed by atoms with Crippen LogP contribution in [0.15, 0.2) is 36.4 Å². The Morgan fingerprint density at radius 3 is 2.75 bits per heavy atom. The molecule has 3 rings (SSSR count). The topological polar surface area (TPSA) is 48.7 Å². The van der Waals surface area contributed by atoms with Gasteiger partial charge in [0, 0.05) is 5.02 Å². The Bertz CT molecular complexity index is 836. The zero-order chi connectivity index (χ0) is 14.1. The molecule has 1 aromatic heterocycles. The Balaban J connectivity index is 1.95. The number of aromatic nitrogens is 1. The fourth-order valence-corrected chi connectivity index (χ4v) is 3.01. The minimum absolute atomic E-state index is 0.487. The summed E-state index contributed by atoms with van der Waals surface area (Å²) in [5.74, 6) is 0. The fraction of sp³-hybridized carbons (Fsp3) is 0. The lowest BCUT2D eigenvalue weighted by Gasteiger charge is -2.04. The van der Waals surface area contributed by atoms with Crippen molar-refractivity contribution in [1.82, 2.24) is 4.98 Å². The molecule has 0 radical (unpaired) electrons. The molecule has 0 aliphatic carbocycles. The van der Waals surface area contributed by atoms with E-state index in [-0.39, 0.29) is 0 Å². The van der Waals surface area contributed by atoms with E-state index < -0.39 is 0 Å². The molecule has 0 saturated carbocycles. The summed E-state index contributed by atoms with van der Waals surface area (Å²) in [5, 5.41) is 13.8. The highest BCUT2D eigenvalue weighted by atomic mass is 35.5. The molecule has 0 aliphatic heterocycles. The van der Waals surface area contributed by atoms with Crippen LogP contribution in [-0.2, 0) is 0 Å². The molecule has 1 heterocycles. The van der Waals surface area contributed by atoms with Crippen molar-refractivity contribution in [1.29, 1.82) is 5.26 Å². The second-order valence-corrected chi connectivity index (χ2v) is 5.94. The maximum absolute atomic E-state index is 8.81. The SMILES string of the molecule is N#Cc1ccc(Nc2nc3cc(Cl)ccc3s2)c(Cl)c1. The summed E-state index contributed by atoms with van der Waals surface area (Å²) in [6, 6.07) is 12.7. The van der Waals surface area contributed by atoms with E-state index in [0.29, 0.717) is 15.6 Å².